The Labute approximate surface area is 209 Å². The number of ether oxygens (including phenoxy) is 2. The lowest BCUT2D eigenvalue weighted by Crippen LogP contribution is -2.25. The first-order valence-electron chi connectivity index (χ1n) is 11.6. The Bertz CT molecular complexity index is 1210. The maximum absolute atomic E-state index is 12.6. The largest absolute Gasteiger partial charge is 0.491 e. The van der Waals surface area contributed by atoms with Crippen molar-refractivity contribution in [3.8, 4) is 11.4 Å². The molecule has 0 bridgehead atoms. The zero-order valence-electron chi connectivity index (χ0n) is 19.8. The number of rotatable bonds is 10. The first-order valence-corrected chi connectivity index (χ1v) is 12.0. The number of hydrogen-bond donors (Lipinski definition) is 2. The third-order valence-electron chi connectivity index (χ3n) is 5.53. The fourth-order valence-electron chi connectivity index (χ4n) is 3.99. The average Bonchev–Trinajstić information content (AvgIpc) is 3.17. The Kier molecular flexibility index (Phi) is 8.12. The molecule has 10 heteroatoms. The van der Waals surface area contributed by atoms with Gasteiger partial charge in [0.05, 0.1) is 31.0 Å². The van der Waals surface area contributed by atoms with E-state index in [1.54, 1.807) is 0 Å². The first-order chi connectivity index (χ1) is 17.0. The number of carbonyl (C=O) groups is 1. The van der Waals surface area contributed by atoms with Crippen molar-refractivity contribution in [2.45, 2.75) is 26.3 Å². The molecule has 0 saturated carbocycles. The molecule has 2 aromatic carbocycles. The number of halogens is 1. The van der Waals surface area contributed by atoms with Crippen LogP contribution in [0.2, 0.25) is 5.02 Å². The molecule has 0 aliphatic carbocycles. The molecule has 35 heavy (non-hydrogen) atoms. The van der Waals surface area contributed by atoms with Gasteiger partial charge in [-0.25, -0.2) is 0 Å². The summed E-state index contributed by atoms with van der Waals surface area (Å²) in [4.78, 5) is 17.6. The summed E-state index contributed by atoms with van der Waals surface area (Å²) >= 11 is 6.16. The number of carbonyl (C=O) groups excluding carboxylic acids is 1. The van der Waals surface area contributed by atoms with Gasteiger partial charge in [-0.15, -0.1) is 10.2 Å². The molecule has 1 unspecified atom stereocenters. The van der Waals surface area contributed by atoms with Crippen LogP contribution in [0.3, 0.4) is 0 Å². The minimum Gasteiger partial charge on any atom is -0.491 e. The molecular formula is C25H29ClN6O3. The van der Waals surface area contributed by atoms with Crippen LogP contribution in [0, 0.1) is 6.92 Å². The van der Waals surface area contributed by atoms with Gasteiger partial charge in [-0.1, -0.05) is 23.7 Å². The van der Waals surface area contributed by atoms with E-state index in [1.807, 2.05) is 60.9 Å². The zero-order chi connectivity index (χ0) is 24.8. The number of benzene rings is 2. The van der Waals surface area contributed by atoms with Gasteiger partial charge in [0.15, 0.2) is 5.82 Å². The highest BCUT2D eigenvalue weighted by atomic mass is 35.5. The van der Waals surface area contributed by atoms with E-state index >= 15 is 0 Å². The monoisotopic (exact) mass is 496 g/mol. The molecule has 1 atom stereocenters. The van der Waals surface area contributed by atoms with Crippen molar-refractivity contribution in [1.82, 2.24) is 20.1 Å². The third-order valence-corrected chi connectivity index (χ3v) is 5.78. The number of nitrogens with two attached hydrogens (primary N) is 1. The van der Waals surface area contributed by atoms with Crippen molar-refractivity contribution in [3.05, 3.63) is 70.3 Å². The summed E-state index contributed by atoms with van der Waals surface area (Å²) in [5.41, 5.74) is 8.77. The Hall–Kier alpha value is -3.27. The van der Waals surface area contributed by atoms with E-state index in [2.05, 4.69) is 15.5 Å². The fourth-order valence-corrected chi connectivity index (χ4v) is 4.11. The summed E-state index contributed by atoms with van der Waals surface area (Å²) in [6, 6.07) is 12.8. The average molecular weight is 497 g/mol. The highest BCUT2D eigenvalue weighted by molar-refractivity contribution is 6.30. The SMILES string of the molecule is CCNC(=O)CC1N=C(c2ccc(Cl)cc2)c2cc(OCCOCCN)ccc2-n2c(C)nnc21. The summed E-state index contributed by atoms with van der Waals surface area (Å²) in [5, 5.41) is 12.2. The Balaban J connectivity index is 1.80. The van der Waals surface area contributed by atoms with Crippen molar-refractivity contribution in [2.24, 2.45) is 10.7 Å². The van der Waals surface area contributed by atoms with E-state index in [4.69, 9.17) is 31.8 Å². The lowest BCUT2D eigenvalue weighted by atomic mass is 10.00. The van der Waals surface area contributed by atoms with Crippen LogP contribution in [0.4, 0.5) is 0 Å². The second kappa shape index (κ2) is 11.4. The van der Waals surface area contributed by atoms with Gasteiger partial charge in [0, 0.05) is 29.2 Å². The molecule has 1 aliphatic rings. The summed E-state index contributed by atoms with van der Waals surface area (Å²) in [6.45, 7) is 6.11. The van der Waals surface area contributed by atoms with Crippen molar-refractivity contribution in [2.75, 3.05) is 32.9 Å². The van der Waals surface area contributed by atoms with Crippen molar-refractivity contribution < 1.29 is 14.3 Å². The minimum absolute atomic E-state index is 0.101. The maximum Gasteiger partial charge on any atom is 0.222 e. The Morgan fingerprint density at radius 3 is 2.69 bits per heavy atom. The van der Waals surface area contributed by atoms with Gasteiger partial charge in [0.25, 0.3) is 0 Å². The topological polar surface area (TPSA) is 117 Å². The quantitative estimate of drug-likeness (QED) is 0.417. The van der Waals surface area contributed by atoms with E-state index in [0.717, 1.165) is 22.5 Å². The summed E-state index contributed by atoms with van der Waals surface area (Å²) in [7, 11) is 0. The fraction of sp³-hybridized carbons (Fsp3) is 0.360. The zero-order valence-corrected chi connectivity index (χ0v) is 20.6. The molecule has 3 N–H and O–H groups in total. The molecule has 9 nitrogen and oxygen atoms in total. The van der Waals surface area contributed by atoms with Crippen LogP contribution in [-0.4, -0.2) is 59.3 Å². The lowest BCUT2D eigenvalue weighted by molar-refractivity contribution is -0.121. The normalized spacial score (nSPS) is 14.5. The van der Waals surface area contributed by atoms with Gasteiger partial charge in [-0.3, -0.25) is 14.4 Å². The molecular weight excluding hydrogens is 468 g/mol. The molecule has 4 rings (SSSR count). The predicted octanol–water partition coefficient (Wildman–Crippen LogP) is 3.00. The minimum atomic E-state index is -0.519. The lowest BCUT2D eigenvalue weighted by Gasteiger charge is -2.15. The molecule has 184 valence electrons. The summed E-state index contributed by atoms with van der Waals surface area (Å²) < 4.78 is 13.3. The molecule has 0 radical (unpaired) electrons. The number of aliphatic imine (C=N–C) groups is 1. The van der Waals surface area contributed by atoms with E-state index < -0.39 is 6.04 Å². The molecule has 0 saturated heterocycles. The number of nitrogens with zero attached hydrogens (tertiary/aromatic N) is 4. The van der Waals surface area contributed by atoms with Crippen LogP contribution in [0.5, 0.6) is 5.75 Å². The number of hydrogen-bond acceptors (Lipinski definition) is 7. The van der Waals surface area contributed by atoms with E-state index in [9.17, 15) is 4.79 Å². The van der Waals surface area contributed by atoms with E-state index in [0.29, 0.717) is 55.3 Å². The van der Waals surface area contributed by atoms with Gasteiger partial charge >= 0.3 is 0 Å². The first kappa shape index (κ1) is 24.8. The van der Waals surface area contributed by atoms with Crippen LogP contribution in [0.1, 0.15) is 42.2 Å². The summed E-state index contributed by atoms with van der Waals surface area (Å²) in [5.74, 6) is 1.90. The van der Waals surface area contributed by atoms with Crippen LogP contribution >= 0.6 is 11.6 Å². The van der Waals surface area contributed by atoms with Gasteiger partial charge in [-0.05, 0) is 44.2 Å². The number of nitrogens with one attached hydrogen (secondary N) is 1. The van der Waals surface area contributed by atoms with E-state index in [1.165, 1.54) is 0 Å². The van der Waals surface area contributed by atoms with Crippen molar-refractivity contribution in [3.63, 3.8) is 0 Å². The molecule has 2 heterocycles. The third kappa shape index (κ3) is 5.70. The second-order valence-corrected chi connectivity index (χ2v) is 8.46. The van der Waals surface area contributed by atoms with E-state index in [-0.39, 0.29) is 12.3 Å². The molecule has 1 amide bonds. The maximum atomic E-state index is 12.6. The Morgan fingerprint density at radius 2 is 1.94 bits per heavy atom. The number of aromatic nitrogens is 3. The number of fused-ring (bicyclic) bond motifs is 3. The van der Waals surface area contributed by atoms with Crippen LogP contribution in [0.25, 0.3) is 5.69 Å². The van der Waals surface area contributed by atoms with Crippen molar-refractivity contribution in [1.29, 1.82) is 0 Å². The smallest absolute Gasteiger partial charge is 0.222 e. The highest BCUT2D eigenvalue weighted by Crippen LogP contribution is 2.34. The summed E-state index contributed by atoms with van der Waals surface area (Å²) in [6.07, 6.45) is 0.152. The van der Waals surface area contributed by atoms with Gasteiger partial charge in [0.1, 0.15) is 24.2 Å². The Morgan fingerprint density at radius 1 is 1.14 bits per heavy atom. The molecule has 3 aromatic rings. The molecule has 0 fully saturated rings. The van der Waals surface area contributed by atoms with Crippen LogP contribution in [0.15, 0.2) is 47.5 Å². The number of amides is 1. The van der Waals surface area contributed by atoms with Gasteiger partial charge in [-0.2, -0.15) is 0 Å². The molecule has 1 aromatic heterocycles. The number of aryl methyl sites for hydroxylation is 1. The van der Waals surface area contributed by atoms with Crippen molar-refractivity contribution >= 4 is 23.2 Å². The predicted molar refractivity (Wildman–Crippen MR) is 135 cm³/mol. The van der Waals surface area contributed by atoms with Crippen LogP contribution < -0.4 is 15.8 Å². The van der Waals surface area contributed by atoms with Gasteiger partial charge in [0.2, 0.25) is 5.91 Å². The molecule has 0 spiro atoms. The van der Waals surface area contributed by atoms with Crippen LogP contribution in [-0.2, 0) is 9.53 Å². The van der Waals surface area contributed by atoms with Gasteiger partial charge < -0.3 is 20.5 Å². The second-order valence-electron chi connectivity index (χ2n) is 8.03. The molecule has 1 aliphatic heterocycles. The highest BCUT2D eigenvalue weighted by Gasteiger charge is 2.30. The standard InChI is InChI=1S/C25H29ClN6O3/c1-3-28-23(33)15-21-25-31-30-16(2)32(25)22-9-8-19(35-13-12-34-11-10-27)14-20(22)24(29-21)17-4-6-18(26)7-5-17/h4-9,14,21H,3,10-13,15,27H2,1-2H3,(H,28,33).